The lowest BCUT2D eigenvalue weighted by molar-refractivity contribution is -0.119. The van der Waals surface area contributed by atoms with Crippen molar-refractivity contribution in [1.29, 1.82) is 0 Å². The molecule has 0 heterocycles. The van der Waals surface area contributed by atoms with E-state index in [0.29, 0.717) is 11.1 Å². The van der Waals surface area contributed by atoms with Crippen LogP contribution in [-0.4, -0.2) is 20.1 Å². The maximum Gasteiger partial charge on any atom is 0.257 e. The van der Waals surface area contributed by atoms with Crippen LogP contribution in [0.2, 0.25) is 0 Å². The van der Waals surface area contributed by atoms with Crippen LogP contribution in [0.25, 0.3) is 0 Å². The van der Waals surface area contributed by atoms with E-state index in [0.717, 1.165) is 21.6 Å². The molecular formula is C19H24N2O3S2. The van der Waals surface area contributed by atoms with Gasteiger partial charge in [-0.3, -0.25) is 10.2 Å². The molecule has 0 spiro atoms. The second-order valence-corrected chi connectivity index (χ2v) is 9.01. The van der Waals surface area contributed by atoms with Crippen LogP contribution in [0.5, 0.6) is 0 Å². The van der Waals surface area contributed by atoms with Gasteiger partial charge in [0.1, 0.15) is 0 Å². The number of sulfonamides is 1. The lowest BCUT2D eigenvalue weighted by Gasteiger charge is -2.16. The van der Waals surface area contributed by atoms with E-state index in [2.05, 4.69) is 10.3 Å². The number of carbonyl (C=O) groups is 1. The van der Waals surface area contributed by atoms with Crippen LogP contribution >= 0.6 is 11.8 Å². The number of amides is 1. The Labute approximate surface area is 159 Å². The number of hydrogen-bond donors (Lipinski definition) is 2. The van der Waals surface area contributed by atoms with Crippen molar-refractivity contribution in [2.24, 2.45) is 0 Å². The van der Waals surface area contributed by atoms with Crippen molar-refractivity contribution < 1.29 is 13.2 Å². The topological polar surface area (TPSA) is 75.3 Å². The van der Waals surface area contributed by atoms with E-state index in [9.17, 15) is 13.2 Å². The van der Waals surface area contributed by atoms with E-state index >= 15 is 0 Å². The fourth-order valence-corrected chi connectivity index (χ4v) is 4.76. The Bertz CT molecular complexity index is 895. The average molecular weight is 393 g/mol. The molecule has 26 heavy (non-hydrogen) atoms. The van der Waals surface area contributed by atoms with Gasteiger partial charge in [-0.2, -0.15) is 0 Å². The Balaban J connectivity index is 2.04. The van der Waals surface area contributed by atoms with Crippen LogP contribution in [0.1, 0.15) is 27.8 Å². The van der Waals surface area contributed by atoms with Crippen LogP contribution in [0.15, 0.2) is 40.1 Å². The Hall–Kier alpha value is -1.83. The van der Waals surface area contributed by atoms with Gasteiger partial charge in [0.2, 0.25) is 5.91 Å². The van der Waals surface area contributed by atoms with Gasteiger partial charge in [-0.25, -0.2) is 8.42 Å². The summed E-state index contributed by atoms with van der Waals surface area (Å²) in [6.07, 6.45) is 0. The molecule has 1 amide bonds. The molecule has 140 valence electrons. The minimum absolute atomic E-state index is 0.121. The number of aryl methyl sites for hydroxylation is 3. The predicted octanol–water partition coefficient (Wildman–Crippen LogP) is 3.33. The van der Waals surface area contributed by atoms with E-state index in [-0.39, 0.29) is 10.6 Å². The third-order valence-corrected chi connectivity index (χ3v) is 6.81. The first kappa shape index (κ1) is 20.5. The second kappa shape index (κ2) is 8.24. The quantitative estimate of drug-likeness (QED) is 0.584. The van der Waals surface area contributed by atoms with Crippen molar-refractivity contribution in [2.75, 3.05) is 5.75 Å². The largest absolute Gasteiger partial charge is 0.277 e. The summed E-state index contributed by atoms with van der Waals surface area (Å²) in [4.78, 5) is 15.4. The Morgan fingerprint density at radius 3 is 2.04 bits per heavy atom. The maximum absolute atomic E-state index is 12.7. The SMILES string of the molecule is Cc1ccc(SCC(=O)NNS(=O)(=O)c2c(C)c(C)cc(C)c2C)cc1. The molecule has 7 heteroatoms. The van der Waals surface area contributed by atoms with Crippen molar-refractivity contribution in [3.05, 3.63) is 58.1 Å². The molecular weight excluding hydrogens is 368 g/mol. The van der Waals surface area contributed by atoms with Gasteiger partial charge < -0.3 is 0 Å². The van der Waals surface area contributed by atoms with Crippen molar-refractivity contribution in [3.8, 4) is 0 Å². The monoisotopic (exact) mass is 392 g/mol. The predicted molar refractivity (Wildman–Crippen MR) is 106 cm³/mol. The summed E-state index contributed by atoms with van der Waals surface area (Å²) in [5.41, 5.74) is 6.61. The number of thioether (sulfide) groups is 1. The van der Waals surface area contributed by atoms with Crippen molar-refractivity contribution in [3.63, 3.8) is 0 Å². The van der Waals surface area contributed by atoms with Crippen molar-refractivity contribution >= 4 is 27.7 Å². The molecule has 0 aliphatic heterocycles. The zero-order valence-electron chi connectivity index (χ0n) is 15.6. The van der Waals surface area contributed by atoms with Crippen LogP contribution < -0.4 is 10.3 Å². The molecule has 0 bridgehead atoms. The number of carbonyl (C=O) groups excluding carboxylic acids is 1. The molecule has 2 aromatic rings. The fourth-order valence-electron chi connectivity index (χ4n) is 2.58. The highest BCUT2D eigenvalue weighted by Gasteiger charge is 2.22. The van der Waals surface area contributed by atoms with Gasteiger partial charge in [0.25, 0.3) is 10.0 Å². The van der Waals surface area contributed by atoms with Gasteiger partial charge in [0, 0.05) is 4.90 Å². The third kappa shape index (κ3) is 4.87. The van der Waals surface area contributed by atoms with Crippen molar-refractivity contribution in [2.45, 2.75) is 44.4 Å². The minimum Gasteiger partial charge on any atom is -0.277 e. The molecule has 0 saturated carbocycles. The van der Waals surface area contributed by atoms with Crippen LogP contribution in [0, 0.1) is 34.6 Å². The van der Waals surface area contributed by atoms with Gasteiger partial charge in [0.15, 0.2) is 0 Å². The van der Waals surface area contributed by atoms with Gasteiger partial charge in [0.05, 0.1) is 10.6 Å². The lowest BCUT2D eigenvalue weighted by atomic mass is 10.0. The summed E-state index contributed by atoms with van der Waals surface area (Å²) in [5, 5.41) is 0. The molecule has 0 fully saturated rings. The highest BCUT2D eigenvalue weighted by molar-refractivity contribution is 8.00. The van der Waals surface area contributed by atoms with E-state index in [1.807, 2.05) is 51.1 Å². The van der Waals surface area contributed by atoms with Crippen LogP contribution in [0.3, 0.4) is 0 Å². The third-order valence-electron chi connectivity index (χ3n) is 4.28. The lowest BCUT2D eigenvalue weighted by Crippen LogP contribution is -2.43. The maximum atomic E-state index is 12.7. The summed E-state index contributed by atoms with van der Waals surface area (Å²) in [5.74, 6) is -0.282. The summed E-state index contributed by atoms with van der Waals surface area (Å²) < 4.78 is 25.3. The first-order valence-corrected chi connectivity index (χ1v) is 10.7. The normalized spacial score (nSPS) is 11.4. The molecule has 2 N–H and O–H groups in total. The molecule has 5 nitrogen and oxygen atoms in total. The smallest absolute Gasteiger partial charge is 0.257 e. The Morgan fingerprint density at radius 1 is 0.962 bits per heavy atom. The summed E-state index contributed by atoms with van der Waals surface area (Å²) in [6, 6.07) is 9.75. The van der Waals surface area contributed by atoms with Gasteiger partial charge in [-0.05, 0) is 69.0 Å². The molecule has 0 radical (unpaired) electrons. The van der Waals surface area contributed by atoms with Gasteiger partial charge in [-0.15, -0.1) is 16.6 Å². The van der Waals surface area contributed by atoms with Crippen LogP contribution in [-0.2, 0) is 14.8 Å². The molecule has 0 aliphatic carbocycles. The van der Waals surface area contributed by atoms with Gasteiger partial charge in [-0.1, -0.05) is 23.8 Å². The standard InChI is InChI=1S/C19H24N2O3S2/c1-12-6-8-17(9-7-12)25-11-18(22)20-21-26(23,24)19-15(4)13(2)10-14(3)16(19)5/h6-10,21H,11H2,1-5H3,(H,20,22). The van der Waals surface area contributed by atoms with E-state index < -0.39 is 15.9 Å². The van der Waals surface area contributed by atoms with Crippen molar-refractivity contribution in [1.82, 2.24) is 10.3 Å². The minimum atomic E-state index is -3.84. The zero-order chi connectivity index (χ0) is 19.5. The number of hydrazine groups is 1. The van der Waals surface area contributed by atoms with E-state index in [1.54, 1.807) is 13.8 Å². The zero-order valence-corrected chi connectivity index (χ0v) is 17.3. The molecule has 0 aromatic heterocycles. The highest BCUT2D eigenvalue weighted by atomic mass is 32.2. The molecule has 0 atom stereocenters. The number of benzene rings is 2. The fraction of sp³-hybridized carbons (Fsp3) is 0.316. The summed E-state index contributed by atoms with van der Waals surface area (Å²) in [7, 11) is -3.84. The highest BCUT2D eigenvalue weighted by Crippen LogP contribution is 2.25. The molecule has 0 saturated heterocycles. The number of rotatable bonds is 6. The first-order chi connectivity index (χ1) is 12.1. The Morgan fingerprint density at radius 2 is 1.50 bits per heavy atom. The number of nitrogens with one attached hydrogen (secondary N) is 2. The average Bonchev–Trinajstić information content (AvgIpc) is 2.58. The van der Waals surface area contributed by atoms with Gasteiger partial charge >= 0.3 is 0 Å². The molecule has 2 rings (SSSR count). The number of hydrogen-bond acceptors (Lipinski definition) is 4. The van der Waals surface area contributed by atoms with Crippen LogP contribution in [0.4, 0.5) is 0 Å². The summed E-state index contributed by atoms with van der Waals surface area (Å²) >= 11 is 1.35. The Kier molecular flexibility index (Phi) is 6.49. The molecule has 0 aliphatic rings. The second-order valence-electron chi connectivity index (χ2n) is 6.34. The van der Waals surface area contributed by atoms with E-state index in [1.165, 1.54) is 11.8 Å². The molecule has 2 aromatic carbocycles. The first-order valence-electron chi connectivity index (χ1n) is 8.19. The van der Waals surface area contributed by atoms with E-state index in [4.69, 9.17) is 0 Å². The molecule has 0 unspecified atom stereocenters. The summed E-state index contributed by atoms with van der Waals surface area (Å²) in [6.45, 7) is 9.28.